The molecule has 0 aliphatic rings. The molecule has 0 aromatic heterocycles. The number of hydrogen-bond donors (Lipinski definition) is 2. The molecule has 1 aromatic rings. The maximum absolute atomic E-state index is 11.0. The molecule has 2 N–H and O–H groups in total. The van der Waals surface area contributed by atoms with E-state index in [-0.39, 0.29) is 10.8 Å². The van der Waals surface area contributed by atoms with Crippen LogP contribution in [-0.4, -0.2) is 18.9 Å². The Morgan fingerprint density at radius 3 is 2.28 bits per heavy atom. The number of amides is 1. The minimum Gasteiger partial charge on any atom is -0.326 e. The standard InChI is InChI=1S/C9H11NO4S.C3H8/c1-2-9(11)10-7-4-3-5-8(6-7)15(12,13)14;1-3-2/h3-6H,2H2,1H3,(H,10,11)(H,12,13,14);3H2,1-2H3. The lowest BCUT2D eigenvalue weighted by molar-refractivity contribution is -0.115. The van der Waals surface area contributed by atoms with Crippen molar-refractivity contribution in [1.29, 1.82) is 0 Å². The van der Waals surface area contributed by atoms with E-state index in [9.17, 15) is 13.2 Å². The van der Waals surface area contributed by atoms with E-state index in [1.807, 2.05) is 0 Å². The van der Waals surface area contributed by atoms with E-state index in [4.69, 9.17) is 4.55 Å². The van der Waals surface area contributed by atoms with Crippen LogP contribution in [0.1, 0.15) is 33.6 Å². The summed E-state index contributed by atoms with van der Waals surface area (Å²) in [5, 5.41) is 2.49. The molecule has 5 nitrogen and oxygen atoms in total. The molecule has 0 bridgehead atoms. The van der Waals surface area contributed by atoms with Crippen LogP contribution in [0.5, 0.6) is 0 Å². The number of anilines is 1. The fourth-order valence-corrected chi connectivity index (χ4v) is 1.51. The molecular weight excluding hydrogens is 254 g/mol. The summed E-state index contributed by atoms with van der Waals surface area (Å²) in [6.07, 6.45) is 1.55. The van der Waals surface area contributed by atoms with Crippen LogP contribution in [0.2, 0.25) is 0 Å². The lowest BCUT2D eigenvalue weighted by Crippen LogP contribution is -2.10. The highest BCUT2D eigenvalue weighted by Gasteiger charge is 2.09. The Labute approximate surface area is 108 Å². The first-order valence-corrected chi connectivity index (χ1v) is 7.16. The van der Waals surface area contributed by atoms with E-state index in [0.29, 0.717) is 12.1 Å². The number of benzene rings is 1. The van der Waals surface area contributed by atoms with Gasteiger partial charge >= 0.3 is 0 Å². The zero-order chi connectivity index (χ0) is 14.2. The third-order valence-corrected chi connectivity index (χ3v) is 2.59. The Kier molecular flexibility index (Phi) is 7.23. The van der Waals surface area contributed by atoms with Crippen molar-refractivity contribution in [2.45, 2.75) is 38.5 Å². The predicted molar refractivity (Wildman–Crippen MR) is 71.1 cm³/mol. The topological polar surface area (TPSA) is 83.5 Å². The third-order valence-electron chi connectivity index (χ3n) is 1.74. The van der Waals surface area contributed by atoms with Gasteiger partial charge in [-0.05, 0) is 18.2 Å². The van der Waals surface area contributed by atoms with Gasteiger partial charge in [0.25, 0.3) is 10.1 Å². The molecule has 1 amide bonds. The van der Waals surface area contributed by atoms with E-state index < -0.39 is 10.1 Å². The van der Waals surface area contributed by atoms with Gasteiger partial charge in [-0.2, -0.15) is 8.42 Å². The van der Waals surface area contributed by atoms with Gasteiger partial charge in [0.2, 0.25) is 5.91 Å². The average molecular weight is 273 g/mol. The van der Waals surface area contributed by atoms with Gasteiger partial charge < -0.3 is 5.32 Å². The first-order chi connectivity index (χ1) is 8.35. The first kappa shape index (κ1) is 16.6. The average Bonchev–Trinajstić information content (AvgIpc) is 2.29. The van der Waals surface area contributed by atoms with Gasteiger partial charge in [0.15, 0.2) is 0 Å². The van der Waals surface area contributed by atoms with Crippen LogP contribution in [0.3, 0.4) is 0 Å². The van der Waals surface area contributed by atoms with Crippen LogP contribution in [0, 0.1) is 0 Å². The van der Waals surface area contributed by atoms with Crippen LogP contribution < -0.4 is 5.32 Å². The molecule has 0 spiro atoms. The summed E-state index contributed by atoms with van der Waals surface area (Å²) >= 11 is 0. The zero-order valence-corrected chi connectivity index (χ0v) is 11.6. The highest BCUT2D eigenvalue weighted by molar-refractivity contribution is 7.85. The molecule has 0 saturated heterocycles. The zero-order valence-electron chi connectivity index (χ0n) is 10.8. The van der Waals surface area contributed by atoms with Crippen LogP contribution in [0.15, 0.2) is 29.2 Å². The molecule has 0 aliphatic carbocycles. The highest BCUT2D eigenvalue weighted by atomic mass is 32.2. The Hall–Kier alpha value is -1.40. The molecule has 0 unspecified atom stereocenters. The van der Waals surface area contributed by atoms with Crippen LogP contribution in [-0.2, 0) is 14.9 Å². The normalized spacial score (nSPS) is 10.2. The quantitative estimate of drug-likeness (QED) is 0.829. The van der Waals surface area contributed by atoms with Crippen molar-refractivity contribution < 1.29 is 17.8 Å². The van der Waals surface area contributed by atoms with Crippen molar-refractivity contribution in [3.63, 3.8) is 0 Å². The summed E-state index contributed by atoms with van der Waals surface area (Å²) in [5.41, 5.74) is 0.344. The molecule has 0 aliphatic heterocycles. The molecule has 1 aromatic carbocycles. The van der Waals surface area contributed by atoms with Gasteiger partial charge in [-0.1, -0.05) is 33.3 Å². The SMILES string of the molecule is CCC.CCC(=O)Nc1cccc(S(=O)(=O)O)c1. The van der Waals surface area contributed by atoms with Crippen molar-refractivity contribution in [3.8, 4) is 0 Å². The van der Waals surface area contributed by atoms with E-state index in [2.05, 4.69) is 19.2 Å². The van der Waals surface area contributed by atoms with Crippen molar-refractivity contribution in [2.24, 2.45) is 0 Å². The molecule has 102 valence electrons. The van der Waals surface area contributed by atoms with Gasteiger partial charge in [0.1, 0.15) is 0 Å². The van der Waals surface area contributed by atoms with Gasteiger partial charge in [-0.15, -0.1) is 0 Å². The van der Waals surface area contributed by atoms with E-state index >= 15 is 0 Å². The molecule has 18 heavy (non-hydrogen) atoms. The maximum Gasteiger partial charge on any atom is 0.294 e. The molecule has 0 radical (unpaired) electrons. The summed E-state index contributed by atoms with van der Waals surface area (Å²) < 4.78 is 30.3. The van der Waals surface area contributed by atoms with Crippen LogP contribution in [0.25, 0.3) is 0 Å². The number of hydrogen-bond acceptors (Lipinski definition) is 3. The molecule has 6 heteroatoms. The Bertz CT molecular complexity index is 483. The number of nitrogens with one attached hydrogen (secondary N) is 1. The van der Waals surface area contributed by atoms with Crippen LogP contribution in [0.4, 0.5) is 5.69 Å². The largest absolute Gasteiger partial charge is 0.326 e. The summed E-state index contributed by atoms with van der Waals surface area (Å²) in [6, 6.07) is 5.43. The lowest BCUT2D eigenvalue weighted by atomic mass is 10.3. The van der Waals surface area contributed by atoms with Crippen molar-refractivity contribution in [1.82, 2.24) is 0 Å². The van der Waals surface area contributed by atoms with Crippen molar-refractivity contribution in [2.75, 3.05) is 5.32 Å². The smallest absolute Gasteiger partial charge is 0.294 e. The van der Waals surface area contributed by atoms with Crippen LogP contribution >= 0.6 is 0 Å². The second-order valence-electron chi connectivity index (χ2n) is 3.61. The summed E-state index contributed by atoms with van der Waals surface area (Å²) in [7, 11) is -4.22. The fraction of sp³-hybridized carbons (Fsp3) is 0.417. The second-order valence-corrected chi connectivity index (χ2v) is 5.03. The maximum atomic E-state index is 11.0. The lowest BCUT2D eigenvalue weighted by Gasteiger charge is -2.04. The Morgan fingerprint density at radius 2 is 1.83 bits per heavy atom. The summed E-state index contributed by atoms with van der Waals surface area (Å²) in [5.74, 6) is -0.220. The van der Waals surface area contributed by atoms with Crippen molar-refractivity contribution >= 4 is 21.7 Å². The number of carbonyl (C=O) groups is 1. The fourth-order valence-electron chi connectivity index (χ4n) is 0.984. The third kappa shape index (κ3) is 6.36. The van der Waals surface area contributed by atoms with E-state index in [1.54, 1.807) is 13.0 Å². The van der Waals surface area contributed by atoms with E-state index in [0.717, 1.165) is 0 Å². The monoisotopic (exact) mass is 273 g/mol. The summed E-state index contributed by atoms with van der Waals surface area (Å²) in [4.78, 5) is 10.8. The molecule has 1 rings (SSSR count). The molecule has 0 heterocycles. The van der Waals surface area contributed by atoms with Gasteiger partial charge in [-0.3, -0.25) is 9.35 Å². The summed E-state index contributed by atoms with van der Waals surface area (Å²) in [6.45, 7) is 5.93. The second kappa shape index (κ2) is 7.84. The van der Waals surface area contributed by atoms with Gasteiger partial charge in [-0.25, -0.2) is 0 Å². The Morgan fingerprint density at radius 1 is 1.28 bits per heavy atom. The minimum atomic E-state index is -4.22. The minimum absolute atomic E-state index is 0.220. The Balaban J connectivity index is 0.000000873. The first-order valence-electron chi connectivity index (χ1n) is 5.72. The van der Waals surface area contributed by atoms with Crippen molar-refractivity contribution in [3.05, 3.63) is 24.3 Å². The molecule has 0 fully saturated rings. The molecule has 0 atom stereocenters. The van der Waals surface area contributed by atoms with E-state index in [1.165, 1.54) is 24.6 Å². The number of rotatable bonds is 3. The molecular formula is C12H19NO4S. The van der Waals surface area contributed by atoms with Gasteiger partial charge in [0.05, 0.1) is 4.90 Å². The predicted octanol–water partition coefficient (Wildman–Crippen LogP) is 2.70. The highest BCUT2D eigenvalue weighted by Crippen LogP contribution is 2.15. The van der Waals surface area contributed by atoms with Gasteiger partial charge in [0, 0.05) is 12.1 Å². The number of carbonyl (C=O) groups excluding carboxylic acids is 1. The molecule has 0 saturated carbocycles.